The molecule has 1 saturated carbocycles. The molecule has 49 heavy (non-hydrogen) atoms. The Kier molecular flexibility index (Phi) is 6.48. The van der Waals surface area contributed by atoms with Crippen molar-refractivity contribution in [2.75, 3.05) is 4.90 Å². The number of hydrogen-bond acceptors (Lipinski definition) is 1. The third-order valence-corrected chi connectivity index (χ3v) is 13.2. The van der Waals surface area contributed by atoms with Crippen molar-refractivity contribution in [3.63, 3.8) is 0 Å². The summed E-state index contributed by atoms with van der Waals surface area (Å²) in [5, 5.41) is 0. The summed E-state index contributed by atoms with van der Waals surface area (Å²) in [6.45, 7) is 19.2. The van der Waals surface area contributed by atoms with Gasteiger partial charge >= 0.3 is 0 Å². The van der Waals surface area contributed by atoms with E-state index in [-0.39, 0.29) is 28.4 Å². The van der Waals surface area contributed by atoms with Crippen LogP contribution in [0.1, 0.15) is 119 Å². The quantitative estimate of drug-likeness (QED) is 0.171. The fourth-order valence-electron chi connectivity index (χ4n) is 10.9. The van der Waals surface area contributed by atoms with E-state index in [0.29, 0.717) is 5.92 Å². The zero-order valence-electron chi connectivity index (χ0n) is 30.7. The van der Waals surface area contributed by atoms with Crippen LogP contribution in [0, 0.1) is 12.3 Å². The summed E-state index contributed by atoms with van der Waals surface area (Å²) in [5.41, 5.74) is 19.2. The third-order valence-electron chi connectivity index (χ3n) is 13.2. The lowest BCUT2D eigenvalue weighted by molar-refractivity contribution is 0.109. The molecule has 0 spiro atoms. The minimum Gasteiger partial charge on any atom is -0.312 e. The number of aryl methyl sites for hydroxylation is 1. The Hall–Kier alpha value is -4.04. The molecule has 0 amide bonds. The Morgan fingerprint density at radius 2 is 1.37 bits per heavy atom. The molecule has 5 aromatic rings. The number of benzene rings is 5. The predicted octanol–water partition coefficient (Wildman–Crippen LogP) is 10.2. The Balaban J connectivity index is 1.38. The van der Waals surface area contributed by atoms with E-state index in [9.17, 15) is 0 Å². The number of anilines is 3. The smallest absolute Gasteiger partial charge is 0.247 e. The summed E-state index contributed by atoms with van der Waals surface area (Å²) >= 11 is 0. The molecule has 2 heterocycles. The van der Waals surface area contributed by atoms with Crippen LogP contribution in [0.5, 0.6) is 0 Å². The summed E-state index contributed by atoms with van der Waals surface area (Å²) < 4.78 is 0. The zero-order valence-corrected chi connectivity index (χ0v) is 30.7. The molecule has 3 atom stereocenters. The second kappa shape index (κ2) is 10.3. The molecule has 0 radical (unpaired) electrons. The summed E-state index contributed by atoms with van der Waals surface area (Å²) in [4.78, 5) is 2.61. The average Bonchev–Trinajstić information content (AvgIpc) is 3.32. The van der Waals surface area contributed by atoms with Crippen LogP contribution in [0.3, 0.4) is 0 Å². The third kappa shape index (κ3) is 4.13. The molecule has 9 rings (SSSR count). The molecule has 246 valence electrons. The largest absolute Gasteiger partial charge is 0.312 e. The van der Waals surface area contributed by atoms with Gasteiger partial charge in [-0.3, -0.25) is 0 Å². The van der Waals surface area contributed by atoms with Crippen LogP contribution in [0.15, 0.2) is 103 Å². The van der Waals surface area contributed by atoms with Crippen LogP contribution >= 0.6 is 0 Å². The van der Waals surface area contributed by atoms with Gasteiger partial charge in [0.2, 0.25) is 6.71 Å². The van der Waals surface area contributed by atoms with Gasteiger partial charge < -0.3 is 4.90 Å². The lowest BCUT2D eigenvalue weighted by Crippen LogP contribution is -2.62. The molecule has 2 aliphatic carbocycles. The molecule has 0 aromatic heterocycles. The highest BCUT2D eigenvalue weighted by molar-refractivity contribution is 6.99. The van der Waals surface area contributed by atoms with Crippen molar-refractivity contribution in [3.8, 4) is 0 Å². The van der Waals surface area contributed by atoms with E-state index in [4.69, 9.17) is 0 Å². The van der Waals surface area contributed by atoms with E-state index in [1.807, 2.05) is 0 Å². The normalized spacial score (nSPS) is 23.5. The van der Waals surface area contributed by atoms with Crippen molar-refractivity contribution in [2.45, 2.75) is 103 Å². The van der Waals surface area contributed by atoms with Crippen LogP contribution in [-0.4, -0.2) is 6.71 Å². The van der Waals surface area contributed by atoms with Crippen molar-refractivity contribution < 1.29 is 0 Å². The molecule has 0 bridgehead atoms. The molecule has 0 N–H and O–H groups in total. The zero-order chi connectivity index (χ0) is 34.1. The Bertz CT molecular complexity index is 2130. The van der Waals surface area contributed by atoms with E-state index in [1.165, 1.54) is 75.9 Å². The summed E-state index contributed by atoms with van der Waals surface area (Å²) in [7, 11) is 0. The van der Waals surface area contributed by atoms with Crippen LogP contribution in [0.4, 0.5) is 17.1 Å². The van der Waals surface area contributed by atoms with Crippen molar-refractivity contribution >= 4 is 40.2 Å². The number of fused-ring (bicyclic) bond motifs is 7. The molecule has 0 saturated heterocycles. The molecular weight excluding hydrogens is 589 g/mol. The number of hydrogen-bond donors (Lipinski definition) is 0. The molecule has 5 aromatic carbocycles. The van der Waals surface area contributed by atoms with Gasteiger partial charge in [0.15, 0.2) is 0 Å². The molecule has 2 heteroatoms. The highest BCUT2D eigenvalue weighted by Gasteiger charge is 2.64. The van der Waals surface area contributed by atoms with Crippen molar-refractivity contribution in [1.82, 2.24) is 0 Å². The second-order valence-corrected chi connectivity index (χ2v) is 18.0. The monoisotopic (exact) mass is 639 g/mol. The molecule has 1 fully saturated rings. The fraction of sp³-hybridized carbons (Fsp3) is 0.362. The highest BCUT2D eigenvalue weighted by atomic mass is 15.2. The minimum absolute atomic E-state index is 0.00516. The lowest BCUT2D eigenvalue weighted by atomic mass is 9.30. The van der Waals surface area contributed by atoms with Gasteiger partial charge in [0.05, 0.1) is 0 Å². The number of nitrogens with zero attached hydrogens (tertiary/aromatic N) is 1. The Morgan fingerprint density at radius 3 is 2.08 bits per heavy atom. The maximum atomic E-state index is 2.67. The molecular formula is C47H50BN. The first-order valence-electron chi connectivity index (χ1n) is 18.7. The first kappa shape index (κ1) is 31.0. The van der Waals surface area contributed by atoms with E-state index in [1.54, 1.807) is 22.2 Å². The van der Waals surface area contributed by atoms with Crippen LogP contribution in [-0.2, 0) is 16.2 Å². The maximum Gasteiger partial charge on any atom is 0.247 e. The van der Waals surface area contributed by atoms with E-state index in [2.05, 4.69) is 163 Å². The summed E-state index contributed by atoms with van der Waals surface area (Å²) in [6, 6.07) is 40.9. The SMILES string of the molecule is Cc1cc2c3c(c1)N(c1ccc(C(C)(C)C)cc1)c1ccc(C(C)(C)C)cc1B3c1cccc3c1C2C1(C)CCCCC31c1ccccc1. The lowest BCUT2D eigenvalue weighted by Gasteiger charge is -2.52. The first-order chi connectivity index (χ1) is 23.3. The van der Waals surface area contributed by atoms with E-state index in [0.717, 1.165) is 0 Å². The molecule has 1 nitrogen and oxygen atoms in total. The van der Waals surface area contributed by atoms with Gasteiger partial charge in [-0.2, -0.15) is 0 Å². The summed E-state index contributed by atoms with van der Waals surface area (Å²) in [6.07, 6.45) is 5.05. The molecule has 4 aliphatic rings. The standard InChI is InChI=1S/C47H50BN/c1-30-27-35-42-41-36(47(32-15-10-9-11-16-32)26-13-12-25-46(42,47)8)17-14-18-37(41)48-38-29-33(45(5,6)7)21-24-39(38)49(40(28-30)43(35)48)34-22-19-31(20-23-34)44(2,3)4/h9-11,14-24,27-29,42H,12-13,25-26H2,1-8H3. The summed E-state index contributed by atoms with van der Waals surface area (Å²) in [5.74, 6) is 0.363. The van der Waals surface area contributed by atoms with Gasteiger partial charge in [0.25, 0.3) is 0 Å². The molecule has 3 unspecified atom stereocenters. The van der Waals surface area contributed by atoms with Gasteiger partial charge in [0, 0.05) is 28.4 Å². The van der Waals surface area contributed by atoms with Crippen molar-refractivity contribution in [2.24, 2.45) is 5.41 Å². The highest BCUT2D eigenvalue weighted by Crippen LogP contribution is 2.69. The van der Waals surface area contributed by atoms with Crippen molar-refractivity contribution in [3.05, 3.63) is 142 Å². The van der Waals surface area contributed by atoms with Gasteiger partial charge in [-0.1, -0.05) is 146 Å². The van der Waals surface area contributed by atoms with Crippen molar-refractivity contribution in [1.29, 1.82) is 0 Å². The Morgan fingerprint density at radius 1 is 0.673 bits per heavy atom. The first-order valence-corrected chi connectivity index (χ1v) is 18.7. The maximum absolute atomic E-state index is 2.67. The van der Waals surface area contributed by atoms with Gasteiger partial charge in [-0.15, -0.1) is 0 Å². The molecule has 2 aliphatic heterocycles. The second-order valence-electron chi connectivity index (χ2n) is 18.0. The topological polar surface area (TPSA) is 3.24 Å². The Labute approximate surface area is 294 Å². The van der Waals surface area contributed by atoms with E-state index >= 15 is 0 Å². The van der Waals surface area contributed by atoms with Gasteiger partial charge in [-0.05, 0) is 110 Å². The van der Waals surface area contributed by atoms with Crippen LogP contribution in [0.2, 0.25) is 0 Å². The van der Waals surface area contributed by atoms with Gasteiger partial charge in [0.1, 0.15) is 0 Å². The average molecular weight is 640 g/mol. The fourth-order valence-corrected chi connectivity index (χ4v) is 10.9. The van der Waals surface area contributed by atoms with E-state index < -0.39 is 0 Å². The minimum atomic E-state index is 0.00516. The predicted molar refractivity (Wildman–Crippen MR) is 210 cm³/mol. The number of rotatable bonds is 2. The van der Waals surface area contributed by atoms with Gasteiger partial charge in [-0.25, -0.2) is 0 Å². The van der Waals surface area contributed by atoms with Crippen LogP contribution < -0.4 is 21.3 Å². The van der Waals surface area contributed by atoms with Crippen LogP contribution in [0.25, 0.3) is 0 Å².